The number of anilines is 2. The first-order valence-corrected chi connectivity index (χ1v) is 25.6. The van der Waals surface area contributed by atoms with E-state index < -0.39 is 37.1 Å². The van der Waals surface area contributed by atoms with E-state index in [2.05, 4.69) is 92.0 Å². The molecule has 0 aliphatic heterocycles. The largest absolute Gasteiger partial charge is 0.479 e. The molecule has 2 amide bonds. The number of benzene rings is 2. The van der Waals surface area contributed by atoms with Gasteiger partial charge in [-0.05, 0) is 127 Å². The molecule has 2 saturated carbocycles. The van der Waals surface area contributed by atoms with Gasteiger partial charge in [-0.25, -0.2) is 19.2 Å². The van der Waals surface area contributed by atoms with E-state index in [-0.39, 0.29) is 66.8 Å². The Bertz CT molecular complexity index is 2580. The van der Waals surface area contributed by atoms with Crippen molar-refractivity contribution in [3.05, 3.63) is 67.2 Å². The Kier molecular flexibility index (Phi) is 17.3. The third-order valence-corrected chi connectivity index (χ3v) is 16.6. The second kappa shape index (κ2) is 21.7. The predicted octanol–water partition coefficient (Wildman–Crippen LogP) is 12.7. The Labute approximate surface area is 428 Å². The zero-order valence-corrected chi connectivity index (χ0v) is 45.7. The molecule has 2 aliphatic carbocycles. The molecule has 0 spiro atoms. The zero-order chi connectivity index (χ0) is 51.6. The average Bonchev–Trinajstić information content (AvgIpc) is 3.72. The topological polar surface area (TPSA) is 197 Å². The van der Waals surface area contributed by atoms with Gasteiger partial charge in [0.15, 0.2) is 34.5 Å². The third kappa shape index (κ3) is 13.8. The molecule has 2 fully saturated rings. The van der Waals surface area contributed by atoms with Gasteiger partial charge in [0.05, 0.1) is 25.8 Å². The maximum atomic E-state index is 12.9. The number of halogens is 2. The lowest BCUT2D eigenvalue weighted by Gasteiger charge is -2.48. The zero-order valence-electron chi connectivity index (χ0n) is 40.9. The van der Waals surface area contributed by atoms with Crippen LogP contribution in [0.3, 0.4) is 0 Å². The van der Waals surface area contributed by atoms with Crippen molar-refractivity contribution in [2.24, 2.45) is 21.7 Å². The van der Waals surface area contributed by atoms with E-state index in [1.54, 1.807) is 13.8 Å². The van der Waals surface area contributed by atoms with Crippen LogP contribution in [0.5, 0.6) is 11.5 Å². The Morgan fingerprint density at radius 2 is 0.957 bits per heavy atom. The van der Waals surface area contributed by atoms with Crippen LogP contribution in [0.4, 0.5) is 11.4 Å². The van der Waals surface area contributed by atoms with Gasteiger partial charge in [0.2, 0.25) is 11.8 Å². The molecular formula is C51H62Br2N2O12S2. The molecule has 3 N–H and O–H groups in total. The van der Waals surface area contributed by atoms with Crippen molar-refractivity contribution in [2.75, 3.05) is 30.1 Å². The van der Waals surface area contributed by atoms with Crippen molar-refractivity contribution in [2.45, 2.75) is 120 Å². The van der Waals surface area contributed by atoms with Crippen molar-refractivity contribution in [3.8, 4) is 32.4 Å². The van der Waals surface area contributed by atoms with E-state index in [0.29, 0.717) is 24.3 Å². The highest BCUT2D eigenvalue weighted by molar-refractivity contribution is 9.11. The summed E-state index contributed by atoms with van der Waals surface area (Å²) in [6.45, 7) is 20.1. The van der Waals surface area contributed by atoms with E-state index in [0.717, 1.165) is 78.1 Å². The highest BCUT2D eigenvalue weighted by Gasteiger charge is 2.43. The Morgan fingerprint density at radius 3 is 1.26 bits per heavy atom. The van der Waals surface area contributed by atoms with Gasteiger partial charge in [-0.15, -0.1) is 22.7 Å². The Hall–Kier alpha value is -4.78. The summed E-state index contributed by atoms with van der Waals surface area (Å²) in [5, 5.41) is 28.3. The smallest absolute Gasteiger partial charge is 0.349 e. The first kappa shape index (κ1) is 55.2. The fourth-order valence-electron chi connectivity index (χ4n) is 10.9. The number of carbonyl (C=O) groups excluding carboxylic acids is 3. The lowest BCUT2D eigenvalue weighted by Crippen LogP contribution is -2.48. The molecular weight excluding hydrogens is 1060 g/mol. The molecule has 14 nitrogen and oxygen atoms in total. The molecule has 69 heavy (non-hydrogen) atoms. The number of carboxylic acids is 3. The molecule has 0 atom stereocenters. The number of esters is 1. The van der Waals surface area contributed by atoms with E-state index in [1.807, 2.05) is 58.3 Å². The summed E-state index contributed by atoms with van der Waals surface area (Å²) >= 11 is 8.91. The number of methoxy groups -OCH3 is 1. The van der Waals surface area contributed by atoms with Gasteiger partial charge in [0, 0.05) is 37.3 Å². The Balaban J connectivity index is 0.000000258. The second-order valence-corrected chi connectivity index (χ2v) is 24.6. The maximum Gasteiger partial charge on any atom is 0.349 e. The minimum Gasteiger partial charge on any atom is -0.479 e. The van der Waals surface area contributed by atoms with Crippen LogP contribution in [-0.2, 0) is 23.9 Å². The molecule has 2 heterocycles. The van der Waals surface area contributed by atoms with Gasteiger partial charge in [0.25, 0.3) is 0 Å². The molecule has 374 valence electrons. The molecule has 2 aliphatic rings. The van der Waals surface area contributed by atoms with E-state index in [9.17, 15) is 39.0 Å². The number of aromatic carboxylic acids is 2. The molecule has 2 aromatic heterocycles. The average molecular weight is 1120 g/mol. The van der Waals surface area contributed by atoms with Crippen molar-refractivity contribution >= 4 is 102 Å². The molecule has 2 aromatic carbocycles. The van der Waals surface area contributed by atoms with Gasteiger partial charge in [-0.2, -0.15) is 0 Å². The minimum atomic E-state index is -1.20. The van der Waals surface area contributed by atoms with Crippen molar-refractivity contribution in [3.63, 3.8) is 0 Å². The van der Waals surface area contributed by atoms with Gasteiger partial charge in [-0.1, -0.05) is 79.7 Å². The quantitative estimate of drug-likeness (QED) is 0.101. The standard InChI is InChI=1S/C26H32BrNO6S.C25H30BrNO6S/c1-15(29)28(18-11-25(2,3)14-26(4,5)12-18)17-9-7-8-16(10-17)22-20(27)21(23(35-22)24(31)32)34-13-19(30)33-6;1-14(28)27(17-10-24(2,3)13-25(4,5)11-17)16-8-6-7-15(9-16)21-19(26)20(33-12-18(29)30)22(34-21)23(31)32/h7-10,18H,11-14H2,1-6H3,(H,31,32);6-9,17H,10-13H2,1-5H3,(H,29,30)(H,31,32). The highest BCUT2D eigenvalue weighted by Crippen LogP contribution is 2.51. The third-order valence-electron chi connectivity index (χ3n) is 12.2. The van der Waals surface area contributed by atoms with Crippen LogP contribution < -0.4 is 19.3 Å². The molecule has 0 saturated heterocycles. The fraction of sp³-hybridized carbons (Fsp3) is 0.490. The molecule has 0 bridgehead atoms. The lowest BCUT2D eigenvalue weighted by molar-refractivity contribution is -0.143. The molecule has 0 radical (unpaired) electrons. The monoisotopic (exact) mass is 1120 g/mol. The number of hydrogen-bond acceptors (Lipinski definition) is 11. The number of carbonyl (C=O) groups is 6. The Morgan fingerprint density at radius 1 is 0.609 bits per heavy atom. The van der Waals surface area contributed by atoms with Crippen molar-refractivity contribution in [1.29, 1.82) is 0 Å². The van der Waals surface area contributed by atoms with Crippen LogP contribution in [0.2, 0.25) is 0 Å². The van der Waals surface area contributed by atoms with Crippen LogP contribution in [0.1, 0.15) is 127 Å². The maximum absolute atomic E-state index is 12.9. The summed E-state index contributed by atoms with van der Waals surface area (Å²) in [4.78, 5) is 76.7. The number of amides is 2. The summed E-state index contributed by atoms with van der Waals surface area (Å²) < 4.78 is 16.2. The lowest BCUT2D eigenvalue weighted by atomic mass is 9.63. The molecule has 6 rings (SSSR count). The predicted molar refractivity (Wildman–Crippen MR) is 276 cm³/mol. The molecule has 18 heteroatoms. The summed E-state index contributed by atoms with van der Waals surface area (Å²) in [5.41, 5.74) is 3.38. The van der Waals surface area contributed by atoms with Crippen LogP contribution in [0.15, 0.2) is 57.5 Å². The van der Waals surface area contributed by atoms with Gasteiger partial charge < -0.3 is 39.3 Å². The van der Waals surface area contributed by atoms with E-state index in [1.165, 1.54) is 7.11 Å². The van der Waals surface area contributed by atoms with Crippen molar-refractivity contribution < 1.29 is 58.3 Å². The number of rotatable bonds is 14. The van der Waals surface area contributed by atoms with Crippen LogP contribution >= 0.6 is 54.5 Å². The fourth-order valence-corrected chi connectivity index (χ4v) is 14.6. The second-order valence-electron chi connectivity index (χ2n) is 21.0. The normalized spacial score (nSPS) is 17.1. The van der Waals surface area contributed by atoms with Gasteiger partial charge in [-0.3, -0.25) is 9.59 Å². The first-order valence-electron chi connectivity index (χ1n) is 22.4. The van der Waals surface area contributed by atoms with Crippen LogP contribution in [0, 0.1) is 21.7 Å². The SMILES string of the molecule is CC(=O)N(c1cccc(-c2sc(C(=O)O)c(OCC(=O)O)c2Br)c1)C1CC(C)(C)CC(C)(C)C1.COC(=O)COc1c(C(=O)O)sc(-c2cccc(N(C(C)=O)C3CC(C)(C)CC(C)(C)C3)c2)c1Br. The summed E-state index contributed by atoms with van der Waals surface area (Å²) in [5.74, 6) is -4.18. The molecule has 0 unspecified atom stereocenters. The summed E-state index contributed by atoms with van der Waals surface area (Å²) in [6.07, 6.45) is 5.76. The number of ether oxygens (including phenoxy) is 3. The summed E-state index contributed by atoms with van der Waals surface area (Å²) in [7, 11) is 1.23. The van der Waals surface area contributed by atoms with Crippen LogP contribution in [-0.4, -0.2) is 83.4 Å². The number of thiophene rings is 2. The molecule has 4 aromatic rings. The van der Waals surface area contributed by atoms with Crippen molar-refractivity contribution in [1.82, 2.24) is 0 Å². The highest BCUT2D eigenvalue weighted by atomic mass is 79.9. The summed E-state index contributed by atoms with van der Waals surface area (Å²) in [6, 6.07) is 15.1. The van der Waals surface area contributed by atoms with E-state index in [4.69, 9.17) is 14.6 Å². The van der Waals surface area contributed by atoms with Gasteiger partial charge >= 0.3 is 23.9 Å². The van der Waals surface area contributed by atoms with Crippen LogP contribution in [0.25, 0.3) is 20.9 Å². The first-order chi connectivity index (χ1) is 31.9. The number of nitrogens with zero attached hydrogens (tertiary/aromatic N) is 2. The number of carboxylic acid groups (broad SMARTS) is 3. The van der Waals surface area contributed by atoms with Gasteiger partial charge in [0.1, 0.15) is 0 Å². The minimum absolute atomic E-state index is 0.0143. The number of aliphatic carboxylic acids is 1. The van der Waals surface area contributed by atoms with E-state index >= 15 is 0 Å². The number of hydrogen-bond donors (Lipinski definition) is 3.